The molecule has 0 saturated heterocycles. The Labute approximate surface area is 103 Å². The van der Waals surface area contributed by atoms with E-state index in [0.29, 0.717) is 16.5 Å². The molecule has 3 aromatic rings. The van der Waals surface area contributed by atoms with Gasteiger partial charge in [-0.3, -0.25) is 4.79 Å². The molecule has 1 heterocycles. The Bertz CT molecular complexity index is 764. The van der Waals surface area contributed by atoms with Gasteiger partial charge in [0.05, 0.1) is 16.5 Å². The van der Waals surface area contributed by atoms with Gasteiger partial charge in [-0.2, -0.15) is 5.10 Å². The average molecular weight is 238 g/mol. The fourth-order valence-electron chi connectivity index (χ4n) is 2.04. The highest BCUT2D eigenvalue weighted by Gasteiger charge is 2.12. The number of H-pyrrole nitrogens is 1. The number of nitrogens with one attached hydrogen (secondary N) is 1. The first-order valence-corrected chi connectivity index (χ1v) is 5.53. The maximum absolute atomic E-state index is 12.0. The molecule has 0 amide bonds. The molecule has 18 heavy (non-hydrogen) atoms. The van der Waals surface area contributed by atoms with E-state index in [1.165, 1.54) is 0 Å². The van der Waals surface area contributed by atoms with Crippen molar-refractivity contribution < 1.29 is 5.11 Å². The van der Waals surface area contributed by atoms with Gasteiger partial charge in [-0.15, -0.1) is 0 Å². The number of benzene rings is 2. The van der Waals surface area contributed by atoms with Crippen molar-refractivity contribution in [2.24, 2.45) is 0 Å². The molecule has 0 fully saturated rings. The van der Waals surface area contributed by atoms with Crippen LogP contribution in [0.3, 0.4) is 0 Å². The van der Waals surface area contributed by atoms with Crippen LogP contribution in [0.5, 0.6) is 5.75 Å². The van der Waals surface area contributed by atoms with Crippen molar-refractivity contribution in [3.05, 3.63) is 58.9 Å². The van der Waals surface area contributed by atoms with Crippen molar-refractivity contribution in [2.45, 2.75) is 0 Å². The molecular formula is C14H10N2O2. The van der Waals surface area contributed by atoms with Crippen LogP contribution in [-0.4, -0.2) is 15.3 Å². The molecule has 0 bridgehead atoms. The number of phenols is 1. The number of phenolic OH excluding ortho intramolecular Hbond substituents is 1. The van der Waals surface area contributed by atoms with Crippen LogP contribution < -0.4 is 5.56 Å². The second-order valence-corrected chi connectivity index (χ2v) is 3.97. The van der Waals surface area contributed by atoms with Gasteiger partial charge in [-0.05, 0) is 17.7 Å². The van der Waals surface area contributed by atoms with Crippen LogP contribution in [0.15, 0.2) is 53.3 Å². The van der Waals surface area contributed by atoms with Gasteiger partial charge in [0.15, 0.2) is 0 Å². The Balaban J connectivity index is 2.48. The maximum atomic E-state index is 12.0. The van der Waals surface area contributed by atoms with Gasteiger partial charge in [0, 0.05) is 0 Å². The molecule has 0 atom stereocenters. The number of aromatic hydroxyl groups is 1. The van der Waals surface area contributed by atoms with E-state index < -0.39 is 0 Å². The highest BCUT2D eigenvalue weighted by atomic mass is 16.3. The fourth-order valence-corrected chi connectivity index (χ4v) is 2.04. The Morgan fingerprint density at radius 3 is 2.56 bits per heavy atom. The zero-order valence-electron chi connectivity index (χ0n) is 9.42. The Hall–Kier alpha value is -2.62. The van der Waals surface area contributed by atoms with E-state index in [4.69, 9.17) is 0 Å². The Kier molecular flexibility index (Phi) is 2.34. The first-order valence-electron chi connectivity index (χ1n) is 5.53. The van der Waals surface area contributed by atoms with Crippen LogP contribution in [0.1, 0.15) is 0 Å². The fraction of sp³-hybridized carbons (Fsp3) is 0. The number of hydrogen-bond acceptors (Lipinski definition) is 3. The number of nitrogens with zero attached hydrogens (tertiary/aromatic N) is 1. The van der Waals surface area contributed by atoms with Crippen LogP contribution in [0.4, 0.5) is 0 Å². The minimum atomic E-state index is -0.310. The molecule has 0 aliphatic heterocycles. The number of hydrogen-bond donors (Lipinski definition) is 2. The highest BCUT2D eigenvalue weighted by molar-refractivity contribution is 5.97. The van der Waals surface area contributed by atoms with Gasteiger partial charge in [-0.25, -0.2) is 5.10 Å². The maximum Gasteiger partial charge on any atom is 0.272 e. The molecule has 88 valence electrons. The quantitative estimate of drug-likeness (QED) is 0.683. The van der Waals surface area contributed by atoms with Crippen molar-refractivity contribution in [3.63, 3.8) is 0 Å². The molecule has 3 rings (SSSR count). The summed E-state index contributed by atoms with van der Waals surface area (Å²) < 4.78 is 0. The monoisotopic (exact) mass is 238 g/mol. The minimum absolute atomic E-state index is 0.0601. The molecule has 4 heteroatoms. The lowest BCUT2D eigenvalue weighted by molar-refractivity contribution is 0.481. The van der Waals surface area contributed by atoms with Gasteiger partial charge in [0.2, 0.25) is 0 Å². The average Bonchev–Trinajstić information content (AvgIpc) is 2.40. The number of fused-ring (bicyclic) bond motifs is 1. The zero-order chi connectivity index (χ0) is 12.5. The van der Waals surface area contributed by atoms with Crippen molar-refractivity contribution >= 4 is 10.9 Å². The molecule has 0 saturated carbocycles. The number of aromatic nitrogens is 2. The summed E-state index contributed by atoms with van der Waals surface area (Å²) in [5, 5.41) is 16.8. The molecule has 2 N–H and O–H groups in total. The van der Waals surface area contributed by atoms with Crippen molar-refractivity contribution in [2.75, 3.05) is 0 Å². The molecular weight excluding hydrogens is 228 g/mol. The summed E-state index contributed by atoms with van der Waals surface area (Å²) >= 11 is 0. The number of rotatable bonds is 1. The van der Waals surface area contributed by atoms with E-state index >= 15 is 0 Å². The van der Waals surface area contributed by atoms with E-state index in [1.807, 2.05) is 30.3 Å². The van der Waals surface area contributed by atoms with Crippen molar-refractivity contribution in [1.29, 1.82) is 0 Å². The second-order valence-electron chi connectivity index (χ2n) is 3.97. The summed E-state index contributed by atoms with van der Waals surface area (Å²) in [4.78, 5) is 12.0. The van der Waals surface area contributed by atoms with Crippen LogP contribution in [0, 0.1) is 0 Å². The first-order chi connectivity index (χ1) is 8.77. The predicted molar refractivity (Wildman–Crippen MR) is 69.5 cm³/mol. The molecule has 0 aliphatic carbocycles. The first kappa shape index (κ1) is 10.5. The lowest BCUT2D eigenvalue weighted by Crippen LogP contribution is -2.11. The normalized spacial score (nSPS) is 10.7. The summed E-state index contributed by atoms with van der Waals surface area (Å²) in [6, 6.07) is 14.2. The van der Waals surface area contributed by atoms with Gasteiger partial charge in [0.1, 0.15) is 5.75 Å². The van der Waals surface area contributed by atoms with E-state index in [2.05, 4.69) is 10.2 Å². The smallest absolute Gasteiger partial charge is 0.272 e. The largest absolute Gasteiger partial charge is 0.507 e. The molecule has 0 spiro atoms. The van der Waals surface area contributed by atoms with Crippen LogP contribution in [0.2, 0.25) is 0 Å². The number of aromatic amines is 1. The predicted octanol–water partition coefficient (Wildman–Crippen LogP) is 2.30. The highest BCUT2D eigenvalue weighted by Crippen LogP contribution is 2.30. The van der Waals surface area contributed by atoms with Crippen molar-refractivity contribution in [1.82, 2.24) is 10.2 Å². The van der Waals surface area contributed by atoms with Gasteiger partial charge >= 0.3 is 0 Å². The summed E-state index contributed by atoms with van der Waals surface area (Å²) in [5.74, 6) is 0.0601. The molecule has 2 aromatic carbocycles. The lowest BCUT2D eigenvalue weighted by atomic mass is 10.0. The summed E-state index contributed by atoms with van der Waals surface area (Å²) in [6.07, 6.45) is 0. The molecule has 4 nitrogen and oxygen atoms in total. The molecule has 0 aliphatic rings. The van der Waals surface area contributed by atoms with E-state index in [9.17, 15) is 9.90 Å². The third kappa shape index (κ3) is 1.55. The standard InChI is InChI=1S/C14H10N2O2/c17-11-8-4-7-10-13(11)12(14(18)16-15-10)9-5-2-1-3-6-9/h1-8,17H,(H,16,18). The SMILES string of the molecule is O=c1[nH]nc2cccc(O)c2c1-c1ccccc1. The topological polar surface area (TPSA) is 66.0 Å². The van der Waals surface area contributed by atoms with Gasteiger partial charge in [0.25, 0.3) is 5.56 Å². The van der Waals surface area contributed by atoms with Gasteiger partial charge < -0.3 is 5.11 Å². The Morgan fingerprint density at radius 2 is 1.78 bits per heavy atom. The lowest BCUT2D eigenvalue weighted by Gasteiger charge is -2.06. The van der Waals surface area contributed by atoms with E-state index in [0.717, 1.165) is 5.56 Å². The van der Waals surface area contributed by atoms with Crippen molar-refractivity contribution in [3.8, 4) is 16.9 Å². The summed E-state index contributed by atoms with van der Waals surface area (Å²) in [6.45, 7) is 0. The minimum Gasteiger partial charge on any atom is -0.507 e. The summed E-state index contributed by atoms with van der Waals surface area (Å²) in [5.41, 5.74) is 1.45. The van der Waals surface area contributed by atoms with Crippen LogP contribution >= 0.6 is 0 Å². The molecule has 1 aromatic heterocycles. The molecule has 0 unspecified atom stereocenters. The van der Waals surface area contributed by atoms with E-state index in [1.54, 1.807) is 18.2 Å². The molecule has 0 radical (unpaired) electrons. The summed E-state index contributed by atoms with van der Waals surface area (Å²) in [7, 11) is 0. The Morgan fingerprint density at radius 1 is 1.00 bits per heavy atom. The van der Waals surface area contributed by atoms with Crippen LogP contribution in [-0.2, 0) is 0 Å². The van der Waals surface area contributed by atoms with E-state index in [-0.39, 0.29) is 11.3 Å². The zero-order valence-corrected chi connectivity index (χ0v) is 9.42. The third-order valence-corrected chi connectivity index (χ3v) is 2.84. The second kappa shape index (κ2) is 4.00. The van der Waals surface area contributed by atoms with Crippen LogP contribution in [0.25, 0.3) is 22.0 Å². The van der Waals surface area contributed by atoms with Gasteiger partial charge in [-0.1, -0.05) is 36.4 Å². The third-order valence-electron chi connectivity index (χ3n) is 2.84.